The molecule has 1 atom stereocenters. The lowest BCUT2D eigenvalue weighted by atomic mass is 9.82. The van der Waals surface area contributed by atoms with Crippen molar-refractivity contribution in [3.63, 3.8) is 0 Å². The van der Waals surface area contributed by atoms with Gasteiger partial charge in [0, 0.05) is 5.69 Å². The first-order valence-electron chi connectivity index (χ1n) is 8.25. The summed E-state index contributed by atoms with van der Waals surface area (Å²) in [6.07, 6.45) is -4.50. The van der Waals surface area contributed by atoms with Crippen LogP contribution in [-0.4, -0.2) is 17.0 Å². The van der Waals surface area contributed by atoms with E-state index in [4.69, 9.17) is 5.11 Å². The molecule has 0 aliphatic carbocycles. The Morgan fingerprint density at radius 3 is 2.19 bits per heavy atom. The molecule has 0 aromatic heterocycles. The average molecular weight is 379 g/mol. The molecule has 7 heteroatoms. The van der Waals surface area contributed by atoms with E-state index in [0.717, 1.165) is 12.1 Å². The largest absolute Gasteiger partial charge is 0.481 e. The molecule has 4 nitrogen and oxygen atoms in total. The number of aliphatic carboxylic acids is 1. The van der Waals surface area contributed by atoms with Crippen LogP contribution in [0.5, 0.6) is 0 Å². The minimum Gasteiger partial charge on any atom is -0.481 e. The van der Waals surface area contributed by atoms with E-state index >= 15 is 0 Å². The number of hydrogen-bond acceptors (Lipinski definition) is 2. The Balaban J connectivity index is 2.27. The van der Waals surface area contributed by atoms with Crippen LogP contribution in [0, 0.1) is 0 Å². The van der Waals surface area contributed by atoms with Crippen LogP contribution in [-0.2, 0) is 21.2 Å². The van der Waals surface area contributed by atoms with Crippen LogP contribution in [0.25, 0.3) is 0 Å². The number of carbonyl (C=O) groups excluding carboxylic acids is 1. The van der Waals surface area contributed by atoms with E-state index in [1.165, 1.54) is 32.9 Å². The summed E-state index contributed by atoms with van der Waals surface area (Å²) in [4.78, 5) is 23.8. The molecule has 0 saturated carbocycles. The highest BCUT2D eigenvalue weighted by molar-refractivity contribution is 5.98. The van der Waals surface area contributed by atoms with E-state index in [0.29, 0.717) is 11.3 Å². The summed E-state index contributed by atoms with van der Waals surface area (Å²) < 4.78 is 38.8. The zero-order valence-electron chi connectivity index (χ0n) is 15.1. The van der Waals surface area contributed by atoms with Crippen LogP contribution in [0.3, 0.4) is 0 Å². The fraction of sp³-hybridized carbons (Fsp3) is 0.300. The zero-order valence-corrected chi connectivity index (χ0v) is 15.1. The molecule has 2 aromatic rings. The van der Waals surface area contributed by atoms with Gasteiger partial charge in [0.1, 0.15) is 0 Å². The van der Waals surface area contributed by atoms with Gasteiger partial charge in [-0.15, -0.1) is 0 Å². The number of alkyl halides is 3. The molecule has 0 heterocycles. The number of amides is 1. The number of hydrogen-bond donors (Lipinski definition) is 2. The number of carbonyl (C=O) groups is 2. The molecule has 0 aliphatic heterocycles. The number of carboxylic acid groups (broad SMARTS) is 1. The summed E-state index contributed by atoms with van der Waals surface area (Å²) in [5, 5.41) is 11.8. The number of halogens is 3. The normalized spacial score (nSPS) is 13.1. The van der Waals surface area contributed by atoms with Gasteiger partial charge in [-0.25, -0.2) is 0 Å². The molecule has 2 rings (SSSR count). The molecule has 1 unspecified atom stereocenters. The quantitative estimate of drug-likeness (QED) is 0.784. The predicted molar refractivity (Wildman–Crippen MR) is 95.6 cm³/mol. The highest BCUT2D eigenvalue weighted by Crippen LogP contribution is 2.33. The molecule has 0 bridgehead atoms. The second-order valence-corrected chi connectivity index (χ2v) is 6.84. The molecule has 0 fully saturated rings. The molecule has 144 valence electrons. The molecular formula is C20H20F3NO3. The number of anilines is 1. The van der Waals surface area contributed by atoms with Gasteiger partial charge in [0.25, 0.3) is 0 Å². The van der Waals surface area contributed by atoms with Gasteiger partial charge in [0.05, 0.1) is 16.9 Å². The molecule has 1 amide bonds. The van der Waals surface area contributed by atoms with Gasteiger partial charge in [0.15, 0.2) is 0 Å². The van der Waals surface area contributed by atoms with Crippen LogP contribution in [0.1, 0.15) is 43.4 Å². The second kappa shape index (κ2) is 7.42. The SMILES string of the molecule is CC(C(=O)O)c1cccc(NC(=O)C(C)(C)c2cccc(C(F)(F)F)c2)c1. The molecule has 27 heavy (non-hydrogen) atoms. The van der Waals surface area contributed by atoms with Crippen LogP contribution in [0.15, 0.2) is 48.5 Å². The third-order valence-electron chi connectivity index (χ3n) is 4.49. The maximum absolute atomic E-state index is 12.9. The average Bonchev–Trinajstić information content (AvgIpc) is 2.60. The molecule has 0 spiro atoms. The van der Waals surface area contributed by atoms with E-state index in [1.807, 2.05) is 0 Å². The van der Waals surface area contributed by atoms with E-state index in [-0.39, 0.29) is 5.56 Å². The van der Waals surface area contributed by atoms with Crippen molar-refractivity contribution in [1.29, 1.82) is 0 Å². The van der Waals surface area contributed by atoms with Gasteiger partial charge < -0.3 is 10.4 Å². The topological polar surface area (TPSA) is 66.4 Å². The first kappa shape index (κ1) is 20.5. The predicted octanol–water partition coefficient (Wildman–Crippen LogP) is 4.81. The molecule has 0 saturated heterocycles. The van der Waals surface area contributed by atoms with Crippen molar-refractivity contribution in [3.05, 3.63) is 65.2 Å². The molecule has 2 aromatic carbocycles. The van der Waals surface area contributed by atoms with E-state index in [1.54, 1.807) is 24.3 Å². The lowest BCUT2D eigenvalue weighted by Crippen LogP contribution is -2.35. The van der Waals surface area contributed by atoms with Gasteiger partial charge in [-0.3, -0.25) is 9.59 Å². The standard InChI is InChI=1S/C20H20F3NO3/c1-12(17(25)26)13-6-4-9-16(10-13)24-18(27)19(2,3)14-7-5-8-15(11-14)20(21,22)23/h4-12H,1-3H3,(H,24,27)(H,25,26). The summed E-state index contributed by atoms with van der Waals surface area (Å²) >= 11 is 0. The smallest absolute Gasteiger partial charge is 0.416 e. The Morgan fingerprint density at radius 2 is 1.59 bits per heavy atom. The Bertz CT molecular complexity index is 860. The third-order valence-corrected chi connectivity index (χ3v) is 4.49. The lowest BCUT2D eigenvalue weighted by molar-refractivity contribution is -0.139. The summed E-state index contributed by atoms with van der Waals surface area (Å²) in [5.74, 6) is -2.25. The van der Waals surface area contributed by atoms with Crippen LogP contribution < -0.4 is 5.32 Å². The van der Waals surface area contributed by atoms with E-state index in [2.05, 4.69) is 5.32 Å². The van der Waals surface area contributed by atoms with Gasteiger partial charge in [-0.05, 0) is 50.1 Å². The minimum absolute atomic E-state index is 0.227. The van der Waals surface area contributed by atoms with Crippen molar-refractivity contribution in [2.75, 3.05) is 5.32 Å². The Labute approximate surface area is 155 Å². The van der Waals surface area contributed by atoms with Gasteiger partial charge in [-0.1, -0.05) is 30.3 Å². The van der Waals surface area contributed by atoms with Crippen molar-refractivity contribution >= 4 is 17.6 Å². The third kappa shape index (κ3) is 4.67. The Morgan fingerprint density at radius 1 is 1.00 bits per heavy atom. The fourth-order valence-electron chi connectivity index (χ4n) is 2.53. The summed E-state index contributed by atoms with van der Waals surface area (Å²) in [6.45, 7) is 4.58. The number of benzene rings is 2. The molecule has 0 aliphatic rings. The number of carboxylic acids is 1. The van der Waals surface area contributed by atoms with E-state index in [9.17, 15) is 22.8 Å². The highest BCUT2D eigenvalue weighted by atomic mass is 19.4. The first-order chi connectivity index (χ1) is 12.4. The lowest BCUT2D eigenvalue weighted by Gasteiger charge is -2.25. The van der Waals surface area contributed by atoms with Crippen molar-refractivity contribution in [2.24, 2.45) is 0 Å². The van der Waals surface area contributed by atoms with Gasteiger partial charge >= 0.3 is 12.1 Å². The van der Waals surface area contributed by atoms with Crippen LogP contribution in [0.2, 0.25) is 0 Å². The summed E-state index contributed by atoms with van der Waals surface area (Å²) in [7, 11) is 0. The van der Waals surface area contributed by atoms with Crippen LogP contribution in [0.4, 0.5) is 18.9 Å². The zero-order chi connectivity index (χ0) is 20.4. The first-order valence-corrected chi connectivity index (χ1v) is 8.25. The summed E-state index contributed by atoms with van der Waals surface area (Å²) in [5.41, 5.74) is -0.929. The Hall–Kier alpha value is -2.83. The minimum atomic E-state index is -4.50. The maximum Gasteiger partial charge on any atom is 0.416 e. The van der Waals surface area contributed by atoms with Crippen molar-refractivity contribution in [2.45, 2.75) is 38.3 Å². The van der Waals surface area contributed by atoms with Crippen molar-refractivity contribution < 1.29 is 27.9 Å². The van der Waals surface area contributed by atoms with Crippen molar-refractivity contribution in [1.82, 2.24) is 0 Å². The number of nitrogens with one attached hydrogen (secondary N) is 1. The maximum atomic E-state index is 12.9. The van der Waals surface area contributed by atoms with Gasteiger partial charge in [0.2, 0.25) is 5.91 Å². The molecule has 2 N–H and O–H groups in total. The van der Waals surface area contributed by atoms with E-state index < -0.39 is 34.9 Å². The Kier molecular flexibility index (Phi) is 5.63. The molecular weight excluding hydrogens is 359 g/mol. The van der Waals surface area contributed by atoms with Gasteiger partial charge in [-0.2, -0.15) is 13.2 Å². The second-order valence-electron chi connectivity index (χ2n) is 6.84. The monoisotopic (exact) mass is 379 g/mol. The van der Waals surface area contributed by atoms with Crippen molar-refractivity contribution in [3.8, 4) is 0 Å². The fourth-order valence-corrected chi connectivity index (χ4v) is 2.53. The van der Waals surface area contributed by atoms with Crippen LogP contribution >= 0.6 is 0 Å². The number of rotatable bonds is 5. The highest BCUT2D eigenvalue weighted by Gasteiger charge is 2.35. The summed E-state index contributed by atoms with van der Waals surface area (Å²) in [6, 6.07) is 11.0. The molecule has 0 radical (unpaired) electrons.